The molecule has 2 N–H and O–H groups in total. The lowest BCUT2D eigenvalue weighted by atomic mass is 9.93. The Bertz CT molecular complexity index is 583. The number of rotatable bonds is 6. The largest absolute Gasteiger partial charge is 0.481 e. The molecule has 1 aromatic heterocycles. The molecule has 0 unspecified atom stereocenters. The summed E-state index contributed by atoms with van der Waals surface area (Å²) in [6.45, 7) is 5.23. The van der Waals surface area contributed by atoms with Crippen LogP contribution in [0.1, 0.15) is 31.9 Å². The van der Waals surface area contributed by atoms with Gasteiger partial charge in [0.2, 0.25) is 11.8 Å². The molecule has 0 bridgehead atoms. The summed E-state index contributed by atoms with van der Waals surface area (Å²) in [4.78, 5) is 22.9. The SMILES string of the molecule is CCNC(=NCc1cccc(OC)n1)N1CCC(CC(=O)NC)CC1. The van der Waals surface area contributed by atoms with Crippen LogP contribution in [0.15, 0.2) is 23.2 Å². The second-order valence-corrected chi connectivity index (χ2v) is 6.15. The summed E-state index contributed by atoms with van der Waals surface area (Å²) < 4.78 is 5.16. The van der Waals surface area contributed by atoms with Crippen LogP contribution in [0, 0.1) is 5.92 Å². The quantitative estimate of drug-likeness (QED) is 0.601. The maximum atomic E-state index is 11.5. The number of hydrogen-bond donors (Lipinski definition) is 2. The molecule has 7 nitrogen and oxygen atoms in total. The predicted molar refractivity (Wildman–Crippen MR) is 98.6 cm³/mol. The van der Waals surface area contributed by atoms with Crippen molar-refractivity contribution in [2.75, 3.05) is 33.8 Å². The number of carbonyl (C=O) groups is 1. The number of methoxy groups -OCH3 is 1. The number of ether oxygens (including phenoxy) is 1. The van der Waals surface area contributed by atoms with Crippen LogP contribution in [-0.2, 0) is 11.3 Å². The number of nitrogens with zero attached hydrogens (tertiary/aromatic N) is 3. The first-order valence-corrected chi connectivity index (χ1v) is 8.90. The van der Waals surface area contributed by atoms with Gasteiger partial charge < -0.3 is 20.3 Å². The number of guanidine groups is 1. The van der Waals surface area contributed by atoms with Gasteiger partial charge in [0, 0.05) is 39.2 Å². The molecule has 0 saturated carbocycles. The van der Waals surface area contributed by atoms with Gasteiger partial charge in [-0.1, -0.05) is 6.07 Å². The minimum Gasteiger partial charge on any atom is -0.481 e. The van der Waals surface area contributed by atoms with Crippen LogP contribution >= 0.6 is 0 Å². The molecule has 0 aromatic carbocycles. The van der Waals surface area contributed by atoms with Crippen molar-refractivity contribution in [2.45, 2.75) is 32.7 Å². The number of piperidine rings is 1. The number of pyridine rings is 1. The Morgan fingerprint density at radius 1 is 1.40 bits per heavy atom. The molecule has 2 rings (SSSR count). The molecule has 25 heavy (non-hydrogen) atoms. The van der Waals surface area contributed by atoms with E-state index in [-0.39, 0.29) is 5.91 Å². The lowest BCUT2D eigenvalue weighted by Crippen LogP contribution is -2.46. The Kier molecular flexibility index (Phi) is 7.50. The number of aliphatic imine (C=N–C) groups is 1. The molecule has 1 fully saturated rings. The Balaban J connectivity index is 1.94. The highest BCUT2D eigenvalue weighted by atomic mass is 16.5. The maximum Gasteiger partial charge on any atom is 0.220 e. The summed E-state index contributed by atoms with van der Waals surface area (Å²) in [6.07, 6.45) is 2.64. The van der Waals surface area contributed by atoms with E-state index in [1.807, 2.05) is 18.2 Å². The van der Waals surface area contributed by atoms with Crippen molar-refractivity contribution in [1.82, 2.24) is 20.5 Å². The van der Waals surface area contributed by atoms with Crippen LogP contribution in [0.25, 0.3) is 0 Å². The van der Waals surface area contributed by atoms with Gasteiger partial charge in [0.05, 0.1) is 19.3 Å². The molecule has 1 saturated heterocycles. The molecule has 2 heterocycles. The molecule has 1 amide bonds. The van der Waals surface area contributed by atoms with E-state index >= 15 is 0 Å². The van der Waals surface area contributed by atoms with E-state index in [0.29, 0.717) is 24.8 Å². The number of nitrogens with one attached hydrogen (secondary N) is 2. The molecule has 0 atom stereocenters. The number of amides is 1. The van der Waals surface area contributed by atoms with E-state index in [1.165, 1.54) is 0 Å². The van der Waals surface area contributed by atoms with Crippen LogP contribution in [0.4, 0.5) is 0 Å². The van der Waals surface area contributed by atoms with Gasteiger partial charge in [0.25, 0.3) is 0 Å². The van der Waals surface area contributed by atoms with Crippen molar-refractivity contribution in [3.8, 4) is 5.88 Å². The van der Waals surface area contributed by atoms with E-state index in [4.69, 9.17) is 9.73 Å². The predicted octanol–water partition coefficient (Wildman–Crippen LogP) is 1.40. The average molecular weight is 347 g/mol. The van der Waals surface area contributed by atoms with Crippen LogP contribution < -0.4 is 15.4 Å². The van der Waals surface area contributed by atoms with Crippen LogP contribution in [0.5, 0.6) is 5.88 Å². The van der Waals surface area contributed by atoms with Gasteiger partial charge in [-0.05, 0) is 31.7 Å². The fraction of sp³-hybridized carbons (Fsp3) is 0.611. The normalized spacial score (nSPS) is 15.8. The number of likely N-dealkylation sites (tertiary alicyclic amines) is 1. The summed E-state index contributed by atoms with van der Waals surface area (Å²) >= 11 is 0. The highest BCUT2D eigenvalue weighted by Gasteiger charge is 2.23. The third-order valence-corrected chi connectivity index (χ3v) is 4.38. The second kappa shape index (κ2) is 9.86. The van der Waals surface area contributed by atoms with E-state index in [1.54, 1.807) is 14.2 Å². The van der Waals surface area contributed by atoms with E-state index in [9.17, 15) is 4.79 Å². The molecule has 0 spiro atoms. The fourth-order valence-corrected chi connectivity index (χ4v) is 2.95. The van der Waals surface area contributed by atoms with Crippen molar-refractivity contribution in [2.24, 2.45) is 10.9 Å². The van der Waals surface area contributed by atoms with Crippen molar-refractivity contribution in [1.29, 1.82) is 0 Å². The minimum absolute atomic E-state index is 0.128. The Labute approximate surface area is 149 Å². The van der Waals surface area contributed by atoms with Crippen molar-refractivity contribution in [3.63, 3.8) is 0 Å². The Morgan fingerprint density at radius 2 is 2.16 bits per heavy atom. The zero-order valence-corrected chi connectivity index (χ0v) is 15.4. The Hall–Kier alpha value is -2.31. The molecule has 0 aliphatic carbocycles. The van der Waals surface area contributed by atoms with E-state index < -0.39 is 0 Å². The van der Waals surface area contributed by atoms with Crippen LogP contribution in [0.2, 0.25) is 0 Å². The Morgan fingerprint density at radius 3 is 2.80 bits per heavy atom. The van der Waals surface area contributed by atoms with Crippen molar-refractivity contribution < 1.29 is 9.53 Å². The molecule has 0 radical (unpaired) electrons. The van der Waals surface area contributed by atoms with Crippen LogP contribution in [-0.4, -0.2) is 55.5 Å². The monoisotopic (exact) mass is 347 g/mol. The van der Waals surface area contributed by atoms with Gasteiger partial charge in [-0.25, -0.2) is 9.98 Å². The standard InChI is InChI=1S/C18H29N5O2/c1-4-20-18(21-13-15-6-5-7-17(22-15)25-3)23-10-8-14(9-11-23)12-16(24)19-2/h5-7,14H,4,8-13H2,1-3H3,(H,19,24)(H,20,21). The van der Waals surface area contributed by atoms with Gasteiger partial charge in [-0.2, -0.15) is 0 Å². The highest BCUT2D eigenvalue weighted by Crippen LogP contribution is 2.20. The first kappa shape index (κ1) is 19.0. The van der Waals surface area contributed by atoms with E-state index in [0.717, 1.165) is 44.1 Å². The second-order valence-electron chi connectivity index (χ2n) is 6.15. The first-order valence-electron chi connectivity index (χ1n) is 8.90. The van der Waals surface area contributed by atoms with Crippen molar-refractivity contribution >= 4 is 11.9 Å². The van der Waals surface area contributed by atoms with Gasteiger partial charge in [0.15, 0.2) is 5.96 Å². The molecule has 1 aromatic rings. The topological polar surface area (TPSA) is 78.9 Å². The van der Waals surface area contributed by atoms with Crippen LogP contribution in [0.3, 0.4) is 0 Å². The first-order chi connectivity index (χ1) is 12.2. The molecular weight excluding hydrogens is 318 g/mol. The molecule has 7 heteroatoms. The van der Waals surface area contributed by atoms with Gasteiger partial charge in [0.1, 0.15) is 0 Å². The maximum absolute atomic E-state index is 11.5. The lowest BCUT2D eigenvalue weighted by Gasteiger charge is -2.34. The van der Waals surface area contributed by atoms with Gasteiger partial charge in [-0.15, -0.1) is 0 Å². The van der Waals surface area contributed by atoms with Crippen molar-refractivity contribution in [3.05, 3.63) is 23.9 Å². The molecular formula is C18H29N5O2. The summed E-state index contributed by atoms with van der Waals surface area (Å²) in [5, 5.41) is 6.06. The molecule has 1 aliphatic rings. The fourth-order valence-electron chi connectivity index (χ4n) is 2.95. The van der Waals surface area contributed by atoms with Gasteiger partial charge >= 0.3 is 0 Å². The van der Waals surface area contributed by atoms with Gasteiger partial charge in [-0.3, -0.25) is 4.79 Å². The zero-order valence-electron chi connectivity index (χ0n) is 15.4. The number of hydrogen-bond acceptors (Lipinski definition) is 4. The zero-order chi connectivity index (χ0) is 18.1. The molecule has 1 aliphatic heterocycles. The smallest absolute Gasteiger partial charge is 0.220 e. The van der Waals surface area contributed by atoms with E-state index in [2.05, 4.69) is 27.4 Å². The summed E-state index contributed by atoms with van der Waals surface area (Å²) in [5.41, 5.74) is 0.879. The number of carbonyl (C=O) groups excluding carboxylic acids is 1. The average Bonchev–Trinajstić information content (AvgIpc) is 2.66. The highest BCUT2D eigenvalue weighted by molar-refractivity contribution is 5.80. The lowest BCUT2D eigenvalue weighted by molar-refractivity contribution is -0.121. The third-order valence-electron chi connectivity index (χ3n) is 4.38. The summed E-state index contributed by atoms with van der Waals surface area (Å²) in [7, 11) is 3.31. The summed E-state index contributed by atoms with van der Waals surface area (Å²) in [6, 6.07) is 5.70. The molecule has 138 valence electrons. The minimum atomic E-state index is 0.128. The summed E-state index contributed by atoms with van der Waals surface area (Å²) in [5.74, 6) is 2.10. The third kappa shape index (κ3) is 5.92. The number of aromatic nitrogens is 1.